The summed E-state index contributed by atoms with van der Waals surface area (Å²) in [4.78, 5) is 8.34. The van der Waals surface area contributed by atoms with Gasteiger partial charge in [0.2, 0.25) is 11.7 Å². The molecule has 0 saturated carbocycles. The van der Waals surface area contributed by atoms with E-state index < -0.39 is 0 Å². The summed E-state index contributed by atoms with van der Waals surface area (Å²) in [5.41, 5.74) is 2.02. The van der Waals surface area contributed by atoms with E-state index >= 15 is 0 Å². The zero-order valence-electron chi connectivity index (χ0n) is 9.55. The van der Waals surface area contributed by atoms with Crippen LogP contribution in [0.25, 0.3) is 11.4 Å². The predicted molar refractivity (Wildman–Crippen MR) is 60.8 cm³/mol. The molecule has 17 heavy (non-hydrogen) atoms. The first kappa shape index (κ1) is 11.3. The summed E-state index contributed by atoms with van der Waals surface area (Å²) in [5, 5.41) is 12.4. The third kappa shape index (κ3) is 2.48. The van der Waals surface area contributed by atoms with Crippen LogP contribution in [-0.2, 0) is 12.8 Å². The Bertz CT molecular complexity index is 541. The Balaban J connectivity index is 2.28. The van der Waals surface area contributed by atoms with Gasteiger partial charge in [0, 0.05) is 30.8 Å². The Labute approximate surface area is 99.1 Å². The molecule has 2 rings (SSSR count). The van der Waals surface area contributed by atoms with Crippen molar-refractivity contribution in [1.82, 2.24) is 15.1 Å². The molecule has 0 saturated heterocycles. The second-order valence-electron chi connectivity index (χ2n) is 3.56. The molecule has 0 spiro atoms. The minimum Gasteiger partial charge on any atom is -0.339 e. The molecule has 0 amide bonds. The van der Waals surface area contributed by atoms with Gasteiger partial charge in [0.25, 0.3) is 0 Å². The summed E-state index contributed by atoms with van der Waals surface area (Å²) in [6, 6.07) is 3.92. The Kier molecular flexibility index (Phi) is 3.46. The molecule has 0 atom stereocenters. The van der Waals surface area contributed by atoms with Crippen LogP contribution in [-0.4, -0.2) is 15.1 Å². The van der Waals surface area contributed by atoms with Crippen molar-refractivity contribution in [2.75, 3.05) is 0 Å². The smallest absolute Gasteiger partial charge is 0.227 e. The van der Waals surface area contributed by atoms with E-state index in [9.17, 15) is 0 Å². The van der Waals surface area contributed by atoms with E-state index in [4.69, 9.17) is 9.78 Å². The van der Waals surface area contributed by atoms with Crippen LogP contribution >= 0.6 is 0 Å². The van der Waals surface area contributed by atoms with Crippen molar-refractivity contribution in [1.29, 1.82) is 5.26 Å². The van der Waals surface area contributed by atoms with Gasteiger partial charge in [0.15, 0.2) is 0 Å². The van der Waals surface area contributed by atoms with Crippen LogP contribution < -0.4 is 0 Å². The molecule has 0 aliphatic rings. The SMILES string of the molecule is CCc1cnccc1-c1noc(CCC#N)n1. The van der Waals surface area contributed by atoms with E-state index in [1.54, 1.807) is 12.4 Å². The van der Waals surface area contributed by atoms with E-state index in [1.807, 2.05) is 12.1 Å². The number of aryl methyl sites for hydroxylation is 2. The lowest BCUT2D eigenvalue weighted by molar-refractivity contribution is 0.380. The number of pyridine rings is 1. The molecule has 0 aliphatic carbocycles. The first-order chi connectivity index (χ1) is 8.35. The minimum atomic E-state index is 0.388. The first-order valence-corrected chi connectivity index (χ1v) is 5.48. The topological polar surface area (TPSA) is 75.6 Å². The molecule has 0 radical (unpaired) electrons. The quantitative estimate of drug-likeness (QED) is 0.801. The van der Waals surface area contributed by atoms with Gasteiger partial charge in [-0.25, -0.2) is 0 Å². The number of rotatable bonds is 4. The fourth-order valence-electron chi connectivity index (χ4n) is 1.56. The van der Waals surface area contributed by atoms with Crippen LogP contribution in [0.5, 0.6) is 0 Å². The number of aromatic nitrogens is 3. The molecular weight excluding hydrogens is 216 g/mol. The highest BCUT2D eigenvalue weighted by Crippen LogP contribution is 2.20. The van der Waals surface area contributed by atoms with Gasteiger partial charge >= 0.3 is 0 Å². The summed E-state index contributed by atoms with van der Waals surface area (Å²) in [5.74, 6) is 1.07. The Morgan fingerprint density at radius 1 is 1.47 bits per heavy atom. The minimum absolute atomic E-state index is 0.388. The number of hydrogen-bond donors (Lipinski definition) is 0. The monoisotopic (exact) mass is 228 g/mol. The van der Waals surface area contributed by atoms with Crippen molar-refractivity contribution >= 4 is 0 Å². The average molecular weight is 228 g/mol. The van der Waals surface area contributed by atoms with E-state index in [1.165, 1.54) is 0 Å². The maximum Gasteiger partial charge on any atom is 0.227 e. The zero-order valence-corrected chi connectivity index (χ0v) is 9.55. The highest BCUT2D eigenvalue weighted by molar-refractivity contribution is 5.58. The highest BCUT2D eigenvalue weighted by Gasteiger charge is 2.11. The van der Waals surface area contributed by atoms with Crippen LogP contribution in [0.1, 0.15) is 24.8 Å². The van der Waals surface area contributed by atoms with Crippen LogP contribution in [0.2, 0.25) is 0 Å². The van der Waals surface area contributed by atoms with E-state index in [0.29, 0.717) is 24.6 Å². The Morgan fingerprint density at radius 3 is 3.12 bits per heavy atom. The largest absolute Gasteiger partial charge is 0.339 e. The number of hydrogen-bond acceptors (Lipinski definition) is 5. The summed E-state index contributed by atoms with van der Waals surface area (Å²) < 4.78 is 5.09. The second-order valence-corrected chi connectivity index (χ2v) is 3.56. The molecule has 0 N–H and O–H groups in total. The summed E-state index contributed by atoms with van der Waals surface area (Å²) in [6.07, 6.45) is 5.26. The molecular formula is C12H12N4O. The molecule has 2 aromatic rings. The average Bonchev–Trinajstić information content (AvgIpc) is 2.85. The van der Waals surface area contributed by atoms with Crippen molar-refractivity contribution in [2.24, 2.45) is 0 Å². The normalized spacial score (nSPS) is 10.1. The zero-order chi connectivity index (χ0) is 12.1. The van der Waals surface area contributed by atoms with Crippen LogP contribution in [0.4, 0.5) is 0 Å². The lowest BCUT2D eigenvalue weighted by atomic mass is 10.1. The molecule has 5 heteroatoms. The van der Waals surface area contributed by atoms with Crippen LogP contribution in [0.15, 0.2) is 23.0 Å². The molecule has 2 aromatic heterocycles. The molecule has 0 aliphatic heterocycles. The van der Waals surface area contributed by atoms with Crippen LogP contribution in [0.3, 0.4) is 0 Å². The van der Waals surface area contributed by atoms with Gasteiger partial charge in [0.05, 0.1) is 6.07 Å². The predicted octanol–water partition coefficient (Wildman–Crippen LogP) is 2.15. The number of nitriles is 1. The van der Waals surface area contributed by atoms with Crippen molar-refractivity contribution in [3.63, 3.8) is 0 Å². The standard InChI is InChI=1S/C12H12N4O/c1-2-9-8-14-7-5-10(9)12-15-11(17-16-12)4-3-6-13/h5,7-8H,2-4H2,1H3. The molecule has 0 unspecified atom stereocenters. The summed E-state index contributed by atoms with van der Waals surface area (Å²) in [7, 11) is 0. The summed E-state index contributed by atoms with van der Waals surface area (Å²) in [6.45, 7) is 2.05. The fourth-order valence-corrected chi connectivity index (χ4v) is 1.56. The molecule has 5 nitrogen and oxygen atoms in total. The molecule has 0 aromatic carbocycles. The maximum absolute atomic E-state index is 8.49. The third-order valence-electron chi connectivity index (χ3n) is 2.44. The van der Waals surface area contributed by atoms with Gasteiger partial charge in [-0.3, -0.25) is 4.98 Å². The summed E-state index contributed by atoms with van der Waals surface area (Å²) >= 11 is 0. The van der Waals surface area contributed by atoms with Crippen molar-refractivity contribution in [2.45, 2.75) is 26.2 Å². The lowest BCUT2D eigenvalue weighted by Gasteiger charge is -2.00. The fraction of sp³-hybridized carbons (Fsp3) is 0.333. The molecule has 0 bridgehead atoms. The molecule has 86 valence electrons. The first-order valence-electron chi connectivity index (χ1n) is 5.48. The van der Waals surface area contributed by atoms with Gasteiger partial charge in [-0.05, 0) is 18.1 Å². The van der Waals surface area contributed by atoms with E-state index in [2.05, 4.69) is 22.0 Å². The van der Waals surface area contributed by atoms with Crippen molar-refractivity contribution < 1.29 is 4.52 Å². The van der Waals surface area contributed by atoms with Gasteiger partial charge in [-0.1, -0.05) is 12.1 Å². The van der Waals surface area contributed by atoms with E-state index in [0.717, 1.165) is 17.5 Å². The van der Waals surface area contributed by atoms with Gasteiger partial charge < -0.3 is 4.52 Å². The second kappa shape index (κ2) is 5.21. The Hall–Kier alpha value is -2.22. The van der Waals surface area contributed by atoms with Gasteiger partial charge in [-0.2, -0.15) is 10.2 Å². The van der Waals surface area contributed by atoms with Crippen molar-refractivity contribution in [3.8, 4) is 17.5 Å². The van der Waals surface area contributed by atoms with Crippen molar-refractivity contribution in [3.05, 3.63) is 29.9 Å². The number of nitrogens with zero attached hydrogens (tertiary/aromatic N) is 4. The molecule has 0 fully saturated rings. The van der Waals surface area contributed by atoms with Crippen LogP contribution in [0, 0.1) is 11.3 Å². The Morgan fingerprint density at radius 2 is 2.35 bits per heavy atom. The van der Waals surface area contributed by atoms with E-state index in [-0.39, 0.29) is 0 Å². The highest BCUT2D eigenvalue weighted by atomic mass is 16.5. The molecule has 2 heterocycles. The van der Waals surface area contributed by atoms with Gasteiger partial charge in [-0.15, -0.1) is 0 Å². The van der Waals surface area contributed by atoms with Gasteiger partial charge in [0.1, 0.15) is 0 Å². The maximum atomic E-state index is 8.49. The lowest BCUT2D eigenvalue weighted by Crippen LogP contribution is -1.91. The third-order valence-corrected chi connectivity index (χ3v) is 2.44.